The summed E-state index contributed by atoms with van der Waals surface area (Å²) in [5, 5.41) is 7.75. The van der Waals surface area contributed by atoms with E-state index in [1.165, 1.54) is 4.68 Å². The highest BCUT2D eigenvalue weighted by molar-refractivity contribution is 9.10. The molecule has 0 aliphatic carbocycles. The third kappa shape index (κ3) is 6.42. The average Bonchev–Trinajstić information content (AvgIpc) is 3.09. The Morgan fingerprint density at radius 1 is 0.958 bits per heavy atom. The third-order valence-corrected chi connectivity index (χ3v) is 9.66. The number of aromatic nitrogens is 2. The first kappa shape index (κ1) is 33.2. The summed E-state index contributed by atoms with van der Waals surface area (Å²) in [6.07, 6.45) is 1.58. The van der Waals surface area contributed by atoms with Crippen molar-refractivity contribution < 1.29 is 14.2 Å². The summed E-state index contributed by atoms with van der Waals surface area (Å²) < 4.78 is 19.9. The predicted molar refractivity (Wildman–Crippen MR) is 198 cm³/mol. The van der Waals surface area contributed by atoms with Gasteiger partial charge in [0.25, 0.3) is 5.56 Å². The van der Waals surface area contributed by atoms with Crippen LogP contribution in [0, 0.1) is 6.92 Å². The topological polar surface area (TPSA) is 74.9 Å². The number of rotatable bonds is 10. The van der Waals surface area contributed by atoms with Crippen LogP contribution in [0.4, 0.5) is 0 Å². The Morgan fingerprint density at radius 2 is 1.69 bits per heavy atom. The van der Waals surface area contributed by atoms with Crippen molar-refractivity contribution in [1.29, 1.82) is 0 Å². The van der Waals surface area contributed by atoms with E-state index in [0.29, 0.717) is 56.5 Å². The molecule has 0 fully saturated rings. The van der Waals surface area contributed by atoms with E-state index in [4.69, 9.17) is 35.9 Å². The minimum Gasteiger partial charge on any atom is -0.496 e. The molecule has 0 aliphatic heterocycles. The minimum absolute atomic E-state index is 0.180. The molecule has 7 nitrogen and oxygen atoms in total. The number of benzene rings is 5. The number of para-hydroxylation sites is 1. The van der Waals surface area contributed by atoms with Gasteiger partial charge in [-0.15, -0.1) is 0 Å². The lowest BCUT2D eigenvalue weighted by molar-refractivity contribution is 0.270. The first-order chi connectivity index (χ1) is 23.2. The lowest BCUT2D eigenvalue weighted by atomic mass is 9.96. The van der Waals surface area contributed by atoms with E-state index in [9.17, 15) is 4.79 Å². The summed E-state index contributed by atoms with van der Waals surface area (Å²) in [7, 11) is 1.66. The zero-order valence-electron chi connectivity index (χ0n) is 27.4. The van der Waals surface area contributed by atoms with E-state index in [2.05, 4.69) is 48.0 Å². The van der Waals surface area contributed by atoms with E-state index in [1.807, 2.05) is 68.4 Å². The molecule has 0 bridgehead atoms. The zero-order chi connectivity index (χ0) is 33.9. The lowest BCUT2D eigenvalue weighted by Crippen LogP contribution is -2.21. The molecule has 0 N–H and O–H groups in total. The number of aryl methyl sites for hydroxylation is 1. The van der Waals surface area contributed by atoms with Gasteiger partial charge in [0.05, 0.1) is 30.8 Å². The molecule has 1 aromatic heterocycles. The second kappa shape index (κ2) is 14.2. The van der Waals surface area contributed by atoms with Crippen molar-refractivity contribution in [3.8, 4) is 28.6 Å². The van der Waals surface area contributed by atoms with Crippen LogP contribution in [-0.2, 0) is 6.61 Å². The number of halogens is 2. The van der Waals surface area contributed by atoms with Crippen LogP contribution in [0.2, 0.25) is 5.02 Å². The molecule has 0 radical (unpaired) electrons. The average molecular weight is 725 g/mol. The number of methoxy groups -OCH3 is 1. The fraction of sp³-hybridized carbons (Fsp3) is 0.205. The van der Waals surface area contributed by atoms with Gasteiger partial charge in [0.15, 0.2) is 17.3 Å². The van der Waals surface area contributed by atoms with Crippen LogP contribution in [0.25, 0.3) is 33.1 Å². The summed E-state index contributed by atoms with van der Waals surface area (Å²) in [6, 6.07) is 27.4. The van der Waals surface area contributed by atoms with Crippen molar-refractivity contribution in [3.05, 3.63) is 127 Å². The normalized spacial score (nSPS) is 11.6. The predicted octanol–water partition coefficient (Wildman–Crippen LogP) is 9.93. The molecule has 0 saturated carbocycles. The summed E-state index contributed by atoms with van der Waals surface area (Å²) in [6.45, 7) is 8.76. The largest absolute Gasteiger partial charge is 0.496 e. The molecular weight excluding hydrogens is 690 g/mol. The molecule has 1 heterocycles. The lowest BCUT2D eigenvalue weighted by Gasteiger charge is -2.18. The van der Waals surface area contributed by atoms with Crippen LogP contribution < -0.4 is 19.8 Å². The molecule has 6 aromatic rings. The fourth-order valence-corrected chi connectivity index (χ4v) is 6.41. The highest BCUT2D eigenvalue weighted by Crippen LogP contribution is 2.43. The van der Waals surface area contributed by atoms with Gasteiger partial charge >= 0.3 is 0 Å². The molecule has 0 spiro atoms. The molecule has 244 valence electrons. The second-order valence-electron chi connectivity index (χ2n) is 11.7. The molecule has 6 rings (SSSR count). The van der Waals surface area contributed by atoms with E-state index in [0.717, 1.165) is 38.8 Å². The zero-order valence-corrected chi connectivity index (χ0v) is 29.7. The number of fused-ring (bicyclic) bond motifs is 2. The van der Waals surface area contributed by atoms with E-state index in [-0.39, 0.29) is 11.5 Å². The van der Waals surface area contributed by atoms with Crippen molar-refractivity contribution in [2.45, 2.75) is 40.2 Å². The molecule has 0 atom stereocenters. The molecule has 0 saturated heterocycles. The maximum atomic E-state index is 14.0. The molecule has 0 unspecified atom stereocenters. The monoisotopic (exact) mass is 723 g/mol. The Balaban J connectivity index is 1.45. The van der Waals surface area contributed by atoms with E-state index in [1.54, 1.807) is 25.5 Å². The van der Waals surface area contributed by atoms with E-state index < -0.39 is 0 Å². The standard InChI is InChI=1S/C39H35BrClN3O4/c1-6-47-34-19-27(35(40)36(41)37(34)48-22-26-14-11-13-25-12-7-8-15-28(25)26)21-42-44-38(43-32-17-10-9-16-29(32)39(44)45)31-20-30(23(2)3)33(46-5)18-24(31)4/h7-21,23H,6,22H2,1-5H3. The Bertz CT molecular complexity index is 2240. The first-order valence-electron chi connectivity index (χ1n) is 15.7. The van der Waals surface area contributed by atoms with Crippen LogP contribution in [-0.4, -0.2) is 29.6 Å². The van der Waals surface area contributed by atoms with Gasteiger partial charge in [0.1, 0.15) is 17.4 Å². The Kier molecular flexibility index (Phi) is 9.85. The third-order valence-electron chi connectivity index (χ3n) is 8.21. The van der Waals surface area contributed by atoms with Gasteiger partial charge in [-0.3, -0.25) is 4.79 Å². The van der Waals surface area contributed by atoms with Gasteiger partial charge in [-0.05, 0) is 93.5 Å². The second-order valence-corrected chi connectivity index (χ2v) is 12.8. The number of hydrogen-bond donors (Lipinski definition) is 0. The summed E-state index contributed by atoms with van der Waals surface area (Å²) in [4.78, 5) is 18.9. The molecule has 48 heavy (non-hydrogen) atoms. The van der Waals surface area contributed by atoms with Crippen LogP contribution in [0.3, 0.4) is 0 Å². The van der Waals surface area contributed by atoms with Gasteiger partial charge in [0, 0.05) is 15.6 Å². The van der Waals surface area contributed by atoms with Gasteiger partial charge in [-0.25, -0.2) is 4.98 Å². The Morgan fingerprint density at radius 3 is 2.44 bits per heavy atom. The SMILES string of the molecule is CCOc1cc(C=Nn2c(-c3cc(C(C)C)c(OC)cc3C)nc3ccccc3c2=O)c(Br)c(Cl)c1OCc1cccc2ccccc12. The van der Waals surface area contributed by atoms with Gasteiger partial charge in [0.2, 0.25) is 0 Å². The highest BCUT2D eigenvalue weighted by atomic mass is 79.9. The molecule has 0 aliphatic rings. The summed E-state index contributed by atoms with van der Waals surface area (Å²) >= 11 is 10.6. The maximum Gasteiger partial charge on any atom is 0.282 e. The Labute approximate surface area is 292 Å². The maximum absolute atomic E-state index is 14.0. The summed E-state index contributed by atoms with van der Waals surface area (Å²) in [5.41, 5.74) is 4.60. The van der Waals surface area contributed by atoms with E-state index >= 15 is 0 Å². The minimum atomic E-state index is -0.296. The van der Waals surface area contributed by atoms with Crippen LogP contribution >= 0.6 is 27.5 Å². The van der Waals surface area contributed by atoms with Crippen LogP contribution in [0.1, 0.15) is 48.9 Å². The number of ether oxygens (including phenoxy) is 3. The molecule has 0 amide bonds. The van der Waals surface area contributed by atoms with Crippen LogP contribution in [0.15, 0.2) is 99.3 Å². The fourth-order valence-electron chi connectivity index (χ4n) is 5.76. The smallest absolute Gasteiger partial charge is 0.282 e. The summed E-state index contributed by atoms with van der Waals surface area (Å²) in [5.74, 6) is 2.26. The van der Waals surface area contributed by atoms with Gasteiger partial charge in [-0.1, -0.05) is 80.0 Å². The number of nitrogens with zero attached hydrogens (tertiary/aromatic N) is 3. The molecular formula is C39H35BrClN3O4. The van der Waals surface area contributed by atoms with Crippen molar-refractivity contribution >= 4 is 55.4 Å². The van der Waals surface area contributed by atoms with Crippen LogP contribution in [0.5, 0.6) is 17.2 Å². The van der Waals surface area contributed by atoms with Gasteiger partial charge < -0.3 is 14.2 Å². The quantitative estimate of drug-likeness (QED) is 0.132. The van der Waals surface area contributed by atoms with Crippen molar-refractivity contribution in [1.82, 2.24) is 9.66 Å². The van der Waals surface area contributed by atoms with Gasteiger partial charge in [-0.2, -0.15) is 9.78 Å². The molecule has 5 aromatic carbocycles. The molecule has 9 heteroatoms. The van der Waals surface area contributed by atoms with Crippen molar-refractivity contribution in [3.63, 3.8) is 0 Å². The van der Waals surface area contributed by atoms with Crippen molar-refractivity contribution in [2.24, 2.45) is 5.10 Å². The van der Waals surface area contributed by atoms with Crippen molar-refractivity contribution in [2.75, 3.05) is 13.7 Å². The number of hydrogen-bond acceptors (Lipinski definition) is 6. The Hall–Kier alpha value is -4.66. The highest BCUT2D eigenvalue weighted by Gasteiger charge is 2.20. The first-order valence-corrected chi connectivity index (χ1v) is 16.9.